The minimum absolute atomic E-state index is 0.0237. The Morgan fingerprint density at radius 1 is 0.920 bits per heavy atom. The van der Waals surface area contributed by atoms with Gasteiger partial charge < -0.3 is 10.2 Å². The molecule has 0 aliphatic carbocycles. The lowest BCUT2D eigenvalue weighted by atomic mass is 10.1. The molecule has 4 nitrogen and oxygen atoms in total. The molecular weight excluding hydrogens is 312 g/mol. The first-order valence-corrected chi connectivity index (χ1v) is 8.14. The first-order valence-electron chi connectivity index (χ1n) is 8.14. The van der Waals surface area contributed by atoms with Gasteiger partial charge in [-0.1, -0.05) is 42.5 Å². The van der Waals surface area contributed by atoms with Crippen LogP contribution in [-0.4, -0.2) is 25.3 Å². The van der Waals surface area contributed by atoms with Crippen LogP contribution < -0.4 is 10.2 Å². The maximum absolute atomic E-state index is 12.3. The average Bonchev–Trinajstić information content (AvgIpc) is 2.61. The van der Waals surface area contributed by atoms with Crippen LogP contribution in [0.5, 0.6) is 0 Å². The third-order valence-electron chi connectivity index (χ3n) is 4.11. The minimum atomic E-state index is -0.128. The molecule has 0 aromatic heterocycles. The van der Waals surface area contributed by atoms with E-state index in [4.69, 9.17) is 0 Å². The minimum Gasteiger partial charge on any atom is -0.365 e. The zero-order valence-corrected chi connectivity index (χ0v) is 14.3. The Balaban J connectivity index is 1.69. The summed E-state index contributed by atoms with van der Waals surface area (Å²) in [7, 11) is 1.88. The standard InChI is InChI=1S/C21H20N2O2/c1-15(24)17-8-5-9-19(12-17)22-21(25)14-23(2)20-11-10-16-6-3-4-7-18(16)13-20/h3-13H,14H2,1-2H3,(H,22,25). The topological polar surface area (TPSA) is 49.4 Å². The molecule has 25 heavy (non-hydrogen) atoms. The molecule has 0 fully saturated rings. The van der Waals surface area contributed by atoms with E-state index >= 15 is 0 Å². The number of amides is 1. The Hall–Kier alpha value is -3.14. The normalized spacial score (nSPS) is 10.5. The number of ketones is 1. The zero-order chi connectivity index (χ0) is 17.8. The average molecular weight is 332 g/mol. The molecular formula is C21H20N2O2. The van der Waals surface area contributed by atoms with Gasteiger partial charge in [0, 0.05) is 24.0 Å². The largest absolute Gasteiger partial charge is 0.365 e. The molecule has 0 aliphatic rings. The fourth-order valence-electron chi connectivity index (χ4n) is 2.74. The van der Waals surface area contributed by atoms with E-state index in [1.165, 1.54) is 12.3 Å². The van der Waals surface area contributed by atoms with Gasteiger partial charge in [0.2, 0.25) is 5.91 Å². The van der Waals surface area contributed by atoms with Gasteiger partial charge in [-0.05, 0) is 42.0 Å². The van der Waals surface area contributed by atoms with Crippen LogP contribution in [0.4, 0.5) is 11.4 Å². The van der Waals surface area contributed by atoms with Gasteiger partial charge in [-0.15, -0.1) is 0 Å². The van der Waals surface area contributed by atoms with Crippen molar-refractivity contribution in [1.29, 1.82) is 0 Å². The number of fused-ring (bicyclic) bond motifs is 1. The lowest BCUT2D eigenvalue weighted by Gasteiger charge is -2.19. The Morgan fingerprint density at radius 2 is 1.68 bits per heavy atom. The van der Waals surface area contributed by atoms with E-state index in [-0.39, 0.29) is 18.2 Å². The van der Waals surface area contributed by atoms with Gasteiger partial charge in [-0.25, -0.2) is 0 Å². The summed E-state index contributed by atoms with van der Waals surface area (Å²) in [6.45, 7) is 1.73. The van der Waals surface area contributed by atoms with Gasteiger partial charge in [0.05, 0.1) is 6.54 Å². The van der Waals surface area contributed by atoms with Crippen LogP contribution in [0.25, 0.3) is 10.8 Å². The molecule has 0 radical (unpaired) electrons. The quantitative estimate of drug-likeness (QED) is 0.715. The second kappa shape index (κ2) is 7.18. The van der Waals surface area contributed by atoms with E-state index in [0.717, 1.165) is 11.1 Å². The highest BCUT2D eigenvalue weighted by molar-refractivity contribution is 5.98. The van der Waals surface area contributed by atoms with Crippen molar-refractivity contribution in [2.75, 3.05) is 23.8 Å². The second-order valence-corrected chi connectivity index (χ2v) is 6.07. The van der Waals surface area contributed by atoms with E-state index in [9.17, 15) is 9.59 Å². The monoisotopic (exact) mass is 332 g/mol. The SMILES string of the molecule is CC(=O)c1cccc(NC(=O)CN(C)c2ccc3ccccc3c2)c1. The van der Waals surface area contributed by atoms with Crippen molar-refractivity contribution < 1.29 is 9.59 Å². The Morgan fingerprint density at radius 3 is 2.44 bits per heavy atom. The summed E-state index contributed by atoms with van der Waals surface area (Å²) in [6.07, 6.45) is 0. The summed E-state index contributed by atoms with van der Waals surface area (Å²) in [4.78, 5) is 25.6. The fourth-order valence-corrected chi connectivity index (χ4v) is 2.74. The fraction of sp³-hybridized carbons (Fsp3) is 0.143. The molecule has 4 heteroatoms. The van der Waals surface area contributed by atoms with E-state index in [1.54, 1.807) is 24.3 Å². The van der Waals surface area contributed by atoms with Crippen LogP contribution in [0.3, 0.4) is 0 Å². The lowest BCUT2D eigenvalue weighted by molar-refractivity contribution is -0.114. The molecule has 0 bridgehead atoms. The summed E-state index contributed by atoms with van der Waals surface area (Å²) in [5, 5.41) is 5.15. The number of nitrogens with one attached hydrogen (secondary N) is 1. The van der Waals surface area contributed by atoms with Crippen LogP contribution in [0.1, 0.15) is 17.3 Å². The molecule has 0 saturated carbocycles. The van der Waals surface area contributed by atoms with Crippen molar-refractivity contribution in [3.8, 4) is 0 Å². The molecule has 0 atom stereocenters. The summed E-state index contributed by atoms with van der Waals surface area (Å²) in [5.74, 6) is -0.152. The molecule has 1 amide bonds. The first-order chi connectivity index (χ1) is 12.0. The molecule has 0 saturated heterocycles. The highest BCUT2D eigenvalue weighted by atomic mass is 16.2. The molecule has 0 aliphatic heterocycles. The van der Waals surface area contributed by atoms with Gasteiger partial charge in [0.15, 0.2) is 5.78 Å². The van der Waals surface area contributed by atoms with Crippen LogP contribution in [-0.2, 0) is 4.79 Å². The molecule has 126 valence electrons. The molecule has 3 aromatic carbocycles. The van der Waals surface area contributed by atoms with Crippen LogP contribution >= 0.6 is 0 Å². The highest BCUT2D eigenvalue weighted by Gasteiger charge is 2.09. The Kier molecular flexibility index (Phi) is 4.80. The molecule has 0 unspecified atom stereocenters. The summed E-state index contributed by atoms with van der Waals surface area (Å²) < 4.78 is 0. The number of hydrogen-bond acceptors (Lipinski definition) is 3. The van der Waals surface area contributed by atoms with Crippen LogP contribution in [0.15, 0.2) is 66.7 Å². The summed E-state index contributed by atoms with van der Waals surface area (Å²) in [6, 6.07) is 21.2. The maximum Gasteiger partial charge on any atom is 0.243 e. The lowest BCUT2D eigenvalue weighted by Crippen LogP contribution is -2.30. The number of carbonyl (C=O) groups excluding carboxylic acids is 2. The molecule has 3 aromatic rings. The van der Waals surface area contributed by atoms with Gasteiger partial charge in [-0.3, -0.25) is 9.59 Å². The highest BCUT2D eigenvalue weighted by Crippen LogP contribution is 2.21. The van der Waals surface area contributed by atoms with Gasteiger partial charge in [0.25, 0.3) is 0 Å². The van der Waals surface area contributed by atoms with Crippen LogP contribution in [0.2, 0.25) is 0 Å². The smallest absolute Gasteiger partial charge is 0.243 e. The second-order valence-electron chi connectivity index (χ2n) is 6.07. The van der Waals surface area contributed by atoms with Crippen molar-refractivity contribution >= 4 is 33.8 Å². The van der Waals surface area contributed by atoms with Crippen molar-refractivity contribution in [2.45, 2.75) is 6.92 Å². The molecule has 3 rings (SSSR count). The predicted molar refractivity (Wildman–Crippen MR) is 102 cm³/mol. The van der Waals surface area contributed by atoms with E-state index in [1.807, 2.05) is 30.1 Å². The zero-order valence-electron chi connectivity index (χ0n) is 14.3. The third-order valence-corrected chi connectivity index (χ3v) is 4.11. The van der Waals surface area contributed by atoms with Crippen molar-refractivity contribution in [3.05, 3.63) is 72.3 Å². The molecule has 1 N–H and O–H groups in total. The summed E-state index contributed by atoms with van der Waals surface area (Å²) in [5.41, 5.74) is 2.19. The van der Waals surface area contributed by atoms with E-state index in [2.05, 4.69) is 29.6 Å². The summed E-state index contributed by atoms with van der Waals surface area (Å²) >= 11 is 0. The maximum atomic E-state index is 12.3. The number of rotatable bonds is 5. The number of carbonyl (C=O) groups is 2. The Labute approximate surface area is 147 Å². The van der Waals surface area contributed by atoms with Gasteiger partial charge in [0.1, 0.15) is 0 Å². The van der Waals surface area contributed by atoms with E-state index < -0.39 is 0 Å². The number of likely N-dealkylation sites (N-methyl/N-ethyl adjacent to an activating group) is 1. The predicted octanol–water partition coefficient (Wildman–Crippen LogP) is 4.12. The number of anilines is 2. The number of hydrogen-bond donors (Lipinski definition) is 1. The Bertz CT molecular complexity index is 934. The first kappa shape index (κ1) is 16.7. The van der Waals surface area contributed by atoms with Crippen LogP contribution in [0, 0.1) is 0 Å². The third kappa shape index (κ3) is 4.04. The number of Topliss-reactive ketones (excluding diaryl/α,β-unsaturated/α-hetero) is 1. The van der Waals surface area contributed by atoms with Gasteiger partial charge in [-0.2, -0.15) is 0 Å². The van der Waals surface area contributed by atoms with Crippen molar-refractivity contribution in [3.63, 3.8) is 0 Å². The van der Waals surface area contributed by atoms with Crippen molar-refractivity contribution in [1.82, 2.24) is 0 Å². The molecule has 0 spiro atoms. The molecule has 0 heterocycles. The number of nitrogens with zero attached hydrogens (tertiary/aromatic N) is 1. The van der Waals surface area contributed by atoms with E-state index in [0.29, 0.717) is 11.3 Å². The van der Waals surface area contributed by atoms with Crippen molar-refractivity contribution in [2.24, 2.45) is 0 Å². The number of benzene rings is 3. The van der Waals surface area contributed by atoms with Gasteiger partial charge >= 0.3 is 0 Å².